The summed E-state index contributed by atoms with van der Waals surface area (Å²) in [7, 11) is -3.23. The fourth-order valence-electron chi connectivity index (χ4n) is 0.572. The summed E-state index contributed by atoms with van der Waals surface area (Å²) in [6.07, 6.45) is 1.04. The Morgan fingerprint density at radius 3 is 1.82 bits per heavy atom. The van der Waals surface area contributed by atoms with Gasteiger partial charge in [-0.15, -0.1) is 0 Å². The second-order valence-electron chi connectivity index (χ2n) is 2.66. The number of rotatable bonds is 3. The number of hydrogen-bond donors (Lipinski definition) is 1. The highest BCUT2D eigenvalue weighted by atomic mass is 32.2. The van der Waals surface area contributed by atoms with Crippen LogP contribution in [0.15, 0.2) is 0 Å². The molecule has 0 aliphatic carbocycles. The molecule has 0 radical (unpaired) electrons. The first-order chi connectivity index (χ1) is 4.76. The van der Waals surface area contributed by atoms with Crippen molar-refractivity contribution in [3.8, 4) is 0 Å². The van der Waals surface area contributed by atoms with Crippen LogP contribution in [0.4, 0.5) is 0 Å². The minimum Gasteiger partial charge on any atom is -0.481 e. The Balaban J connectivity index is 4.51. The number of aliphatic carboxylic acids is 1. The third-order valence-corrected chi connectivity index (χ3v) is 3.53. The molecule has 66 valence electrons. The molecule has 11 heavy (non-hydrogen) atoms. The number of carboxylic acids is 1. The normalized spacial score (nSPS) is 17.4. The van der Waals surface area contributed by atoms with Gasteiger partial charge in [-0.2, -0.15) is 0 Å². The highest BCUT2D eigenvalue weighted by Crippen LogP contribution is 2.10. The lowest BCUT2D eigenvalue weighted by Crippen LogP contribution is -2.29. The maximum atomic E-state index is 10.8. The molecule has 0 fully saturated rings. The van der Waals surface area contributed by atoms with Gasteiger partial charge in [0.2, 0.25) is 0 Å². The zero-order valence-electron chi connectivity index (χ0n) is 6.73. The Bertz CT molecular complexity index is 241. The molecule has 0 aromatic heterocycles. The number of sulfone groups is 1. The summed E-state index contributed by atoms with van der Waals surface area (Å²) in [5.74, 6) is -1.92. The van der Waals surface area contributed by atoms with E-state index in [1.165, 1.54) is 13.8 Å². The van der Waals surface area contributed by atoms with Gasteiger partial charge in [0.15, 0.2) is 9.84 Å². The second kappa shape index (κ2) is 3.21. The van der Waals surface area contributed by atoms with Gasteiger partial charge in [-0.25, -0.2) is 8.42 Å². The van der Waals surface area contributed by atoms with E-state index in [1.54, 1.807) is 0 Å². The van der Waals surface area contributed by atoms with E-state index in [1.807, 2.05) is 0 Å². The fraction of sp³-hybridized carbons (Fsp3) is 0.833. The smallest absolute Gasteiger partial charge is 0.307 e. The van der Waals surface area contributed by atoms with Crippen molar-refractivity contribution in [1.82, 2.24) is 0 Å². The van der Waals surface area contributed by atoms with E-state index in [0.717, 1.165) is 6.26 Å². The van der Waals surface area contributed by atoms with Gasteiger partial charge in [-0.3, -0.25) is 4.79 Å². The van der Waals surface area contributed by atoms with Gasteiger partial charge in [0.1, 0.15) is 0 Å². The Morgan fingerprint density at radius 2 is 1.73 bits per heavy atom. The maximum Gasteiger partial charge on any atom is 0.307 e. The van der Waals surface area contributed by atoms with Crippen molar-refractivity contribution >= 4 is 15.8 Å². The van der Waals surface area contributed by atoms with Crippen LogP contribution in [-0.4, -0.2) is 31.0 Å². The van der Waals surface area contributed by atoms with Crippen LogP contribution >= 0.6 is 0 Å². The Hall–Kier alpha value is -0.580. The summed E-state index contributed by atoms with van der Waals surface area (Å²) < 4.78 is 21.6. The Labute approximate surface area is 66.1 Å². The van der Waals surface area contributed by atoms with Crippen LogP contribution in [0.1, 0.15) is 13.8 Å². The van der Waals surface area contributed by atoms with Gasteiger partial charge in [-0.1, -0.05) is 6.92 Å². The quantitative estimate of drug-likeness (QED) is 0.670. The third-order valence-electron chi connectivity index (χ3n) is 1.77. The van der Waals surface area contributed by atoms with Gasteiger partial charge in [0, 0.05) is 6.26 Å². The first kappa shape index (κ1) is 10.4. The minimum atomic E-state index is -3.23. The Kier molecular flexibility index (Phi) is 3.04. The molecule has 0 rings (SSSR count). The van der Waals surface area contributed by atoms with Crippen LogP contribution in [-0.2, 0) is 14.6 Å². The van der Waals surface area contributed by atoms with Crippen molar-refractivity contribution in [2.75, 3.05) is 6.26 Å². The molecule has 0 bridgehead atoms. The molecule has 4 nitrogen and oxygen atoms in total. The monoisotopic (exact) mass is 180 g/mol. The van der Waals surface area contributed by atoms with E-state index in [2.05, 4.69) is 0 Å². The molecule has 0 aromatic rings. The summed E-state index contributed by atoms with van der Waals surface area (Å²) in [6, 6.07) is 0. The highest BCUT2D eigenvalue weighted by Gasteiger charge is 2.27. The third kappa shape index (κ3) is 2.88. The fourth-order valence-corrected chi connectivity index (χ4v) is 1.43. The average molecular weight is 180 g/mol. The first-order valence-corrected chi connectivity index (χ1v) is 5.14. The highest BCUT2D eigenvalue weighted by molar-refractivity contribution is 7.91. The lowest BCUT2D eigenvalue weighted by Gasteiger charge is -2.12. The largest absolute Gasteiger partial charge is 0.481 e. The second-order valence-corrected chi connectivity index (χ2v) is 5.06. The van der Waals surface area contributed by atoms with Crippen LogP contribution < -0.4 is 0 Å². The SMILES string of the molecule is C[C@H]([C@@H](C)C(=O)O)S(C)(=O)=O. The number of carboxylic acid groups (broad SMARTS) is 1. The lowest BCUT2D eigenvalue weighted by atomic mass is 10.1. The molecule has 0 aliphatic rings. The van der Waals surface area contributed by atoms with Gasteiger partial charge in [0.25, 0.3) is 0 Å². The number of hydrogen-bond acceptors (Lipinski definition) is 3. The molecule has 0 spiro atoms. The summed E-state index contributed by atoms with van der Waals surface area (Å²) in [6.45, 7) is 2.78. The summed E-state index contributed by atoms with van der Waals surface area (Å²) in [5, 5.41) is 7.63. The zero-order valence-corrected chi connectivity index (χ0v) is 7.55. The molecule has 0 saturated heterocycles. The molecule has 0 unspecified atom stereocenters. The molecule has 1 N–H and O–H groups in total. The van der Waals surface area contributed by atoms with Crippen molar-refractivity contribution in [2.45, 2.75) is 19.1 Å². The van der Waals surface area contributed by atoms with Crippen molar-refractivity contribution in [2.24, 2.45) is 5.92 Å². The van der Waals surface area contributed by atoms with Crippen molar-refractivity contribution in [1.29, 1.82) is 0 Å². The molecule has 5 heteroatoms. The first-order valence-electron chi connectivity index (χ1n) is 3.18. The maximum absolute atomic E-state index is 10.8. The van der Waals surface area contributed by atoms with Gasteiger partial charge in [0.05, 0.1) is 11.2 Å². The molecule has 0 aromatic carbocycles. The van der Waals surface area contributed by atoms with Gasteiger partial charge in [-0.05, 0) is 6.92 Å². The van der Waals surface area contributed by atoms with Crippen LogP contribution in [0.3, 0.4) is 0 Å². The Morgan fingerprint density at radius 1 is 1.36 bits per heavy atom. The van der Waals surface area contributed by atoms with E-state index in [0.29, 0.717) is 0 Å². The van der Waals surface area contributed by atoms with E-state index in [-0.39, 0.29) is 0 Å². The molecule has 0 saturated carbocycles. The van der Waals surface area contributed by atoms with Gasteiger partial charge < -0.3 is 5.11 Å². The predicted octanol–water partition coefficient (Wildman–Crippen LogP) is 0.140. The summed E-state index contributed by atoms with van der Waals surface area (Å²) >= 11 is 0. The van der Waals surface area contributed by atoms with E-state index in [4.69, 9.17) is 5.11 Å². The summed E-state index contributed by atoms with van der Waals surface area (Å²) in [4.78, 5) is 10.3. The van der Waals surface area contributed by atoms with Gasteiger partial charge >= 0.3 is 5.97 Å². The van der Waals surface area contributed by atoms with Crippen molar-refractivity contribution in [3.05, 3.63) is 0 Å². The summed E-state index contributed by atoms with van der Waals surface area (Å²) in [5.41, 5.74) is 0. The standard InChI is InChI=1S/C6H12O4S/c1-4(6(7)8)5(2)11(3,9)10/h4-5H,1-3H3,(H,7,8)/t4-,5-/m1/s1. The predicted molar refractivity (Wildman–Crippen MR) is 41.1 cm³/mol. The van der Waals surface area contributed by atoms with E-state index >= 15 is 0 Å². The molecular weight excluding hydrogens is 168 g/mol. The molecule has 2 atom stereocenters. The van der Waals surface area contributed by atoms with E-state index in [9.17, 15) is 13.2 Å². The lowest BCUT2D eigenvalue weighted by molar-refractivity contribution is -0.141. The molecule has 0 amide bonds. The van der Waals surface area contributed by atoms with Crippen LogP contribution in [0.5, 0.6) is 0 Å². The topological polar surface area (TPSA) is 71.4 Å². The average Bonchev–Trinajstić information content (AvgIpc) is 1.82. The van der Waals surface area contributed by atoms with Crippen molar-refractivity contribution < 1.29 is 18.3 Å². The van der Waals surface area contributed by atoms with Crippen molar-refractivity contribution in [3.63, 3.8) is 0 Å². The van der Waals surface area contributed by atoms with Crippen LogP contribution in [0, 0.1) is 5.92 Å². The number of carbonyl (C=O) groups is 1. The zero-order chi connectivity index (χ0) is 9.23. The van der Waals surface area contributed by atoms with Crippen LogP contribution in [0.25, 0.3) is 0 Å². The molecule has 0 aliphatic heterocycles. The minimum absolute atomic E-state index is 0.819. The van der Waals surface area contributed by atoms with E-state index < -0.39 is 27.0 Å². The van der Waals surface area contributed by atoms with Crippen LogP contribution in [0.2, 0.25) is 0 Å². The molecule has 0 heterocycles. The molecular formula is C6H12O4S.